The number of alkyl halides is 5. The van der Waals surface area contributed by atoms with Gasteiger partial charge in [0.25, 0.3) is 5.91 Å². The van der Waals surface area contributed by atoms with Crippen molar-refractivity contribution in [3.05, 3.63) is 59.3 Å². The summed E-state index contributed by atoms with van der Waals surface area (Å²) in [5, 5.41) is 8.16. The molecule has 0 N–H and O–H groups in total. The molecule has 3 aromatic rings. The van der Waals surface area contributed by atoms with Gasteiger partial charge in [0.1, 0.15) is 23.3 Å². The third-order valence-electron chi connectivity index (χ3n) is 5.74. The van der Waals surface area contributed by atoms with Crippen molar-refractivity contribution in [3.8, 4) is 17.3 Å². The quantitative estimate of drug-likeness (QED) is 0.510. The predicted molar refractivity (Wildman–Crippen MR) is 105 cm³/mol. The van der Waals surface area contributed by atoms with Crippen LogP contribution >= 0.6 is 0 Å². The lowest BCUT2D eigenvalue weighted by atomic mass is 10.0. The zero-order valence-electron chi connectivity index (χ0n) is 17.5. The molecule has 0 radical (unpaired) electrons. The number of morpholine rings is 1. The number of fused-ring (bicyclic) bond motifs is 4. The van der Waals surface area contributed by atoms with Crippen molar-refractivity contribution in [3.63, 3.8) is 0 Å². The van der Waals surface area contributed by atoms with Gasteiger partial charge in [0.05, 0.1) is 30.4 Å². The summed E-state index contributed by atoms with van der Waals surface area (Å²) in [7, 11) is 0. The highest BCUT2D eigenvalue weighted by Crippen LogP contribution is 2.38. The van der Waals surface area contributed by atoms with Crippen LogP contribution in [0.4, 0.5) is 26.3 Å². The Morgan fingerprint density at radius 2 is 1.97 bits per heavy atom. The Morgan fingerprint density at radius 1 is 1.17 bits per heavy atom. The van der Waals surface area contributed by atoms with Crippen molar-refractivity contribution in [2.24, 2.45) is 0 Å². The number of aromatic nitrogens is 4. The maximum absolute atomic E-state index is 14.7. The molecule has 0 saturated carbocycles. The summed E-state index contributed by atoms with van der Waals surface area (Å²) < 4.78 is 90.9. The van der Waals surface area contributed by atoms with Crippen molar-refractivity contribution in [1.82, 2.24) is 24.6 Å². The lowest BCUT2D eigenvalue weighted by Gasteiger charge is -2.45. The number of ether oxygens (including phenoxy) is 2. The SMILES string of the molecule is O=C(c1cccc(C(F)(F)F)c1F)N1C2COCC1c1nnc(-c3cc(OC(F)F)ccn3)n1C2. The number of amides is 1. The minimum absolute atomic E-state index is 0.0296. The molecule has 2 atom stereocenters. The Balaban J connectivity index is 1.51. The number of carbonyl (C=O) groups excluding carboxylic acids is 1. The van der Waals surface area contributed by atoms with E-state index < -0.39 is 47.7 Å². The molecular weight excluding hydrogens is 484 g/mol. The Labute approximate surface area is 193 Å². The Bertz CT molecular complexity index is 1280. The Kier molecular flexibility index (Phi) is 5.62. The van der Waals surface area contributed by atoms with E-state index in [1.807, 2.05) is 0 Å². The van der Waals surface area contributed by atoms with Gasteiger partial charge in [0, 0.05) is 18.8 Å². The van der Waals surface area contributed by atoms with Crippen LogP contribution in [0.25, 0.3) is 11.5 Å². The maximum atomic E-state index is 14.7. The summed E-state index contributed by atoms with van der Waals surface area (Å²) in [6, 6.07) is 3.47. The fraction of sp³-hybridized carbons (Fsp3) is 0.333. The molecule has 8 nitrogen and oxygen atoms in total. The standard InChI is InChI=1S/C21H15F6N5O3/c22-16-12(2-1-3-13(16)21(25,26)27)19(33)32-10-7-31-17(29-30-18(31)15(32)9-34-8-10)14-6-11(4-5-28-14)35-20(23)24/h1-6,10,15,20H,7-9H2. The molecule has 1 amide bonds. The fourth-order valence-corrected chi connectivity index (χ4v) is 4.28. The zero-order valence-corrected chi connectivity index (χ0v) is 17.5. The van der Waals surface area contributed by atoms with Crippen LogP contribution in [0.15, 0.2) is 36.5 Å². The lowest BCUT2D eigenvalue weighted by Crippen LogP contribution is -2.56. The molecule has 2 aromatic heterocycles. The molecule has 2 aliphatic rings. The first-order valence-corrected chi connectivity index (χ1v) is 10.3. The fourth-order valence-electron chi connectivity index (χ4n) is 4.28. The van der Waals surface area contributed by atoms with Crippen LogP contribution in [0.2, 0.25) is 0 Å². The van der Waals surface area contributed by atoms with Gasteiger partial charge >= 0.3 is 12.8 Å². The maximum Gasteiger partial charge on any atom is 0.419 e. The van der Waals surface area contributed by atoms with Gasteiger partial charge in [-0.25, -0.2) is 4.39 Å². The molecule has 2 bridgehead atoms. The molecule has 2 unspecified atom stereocenters. The average molecular weight is 499 g/mol. The van der Waals surface area contributed by atoms with Gasteiger partial charge < -0.3 is 18.9 Å². The van der Waals surface area contributed by atoms with Crippen molar-refractivity contribution >= 4 is 5.91 Å². The topological polar surface area (TPSA) is 82.4 Å². The summed E-state index contributed by atoms with van der Waals surface area (Å²) in [4.78, 5) is 18.6. The second-order valence-electron chi connectivity index (χ2n) is 7.83. The van der Waals surface area contributed by atoms with Gasteiger partial charge in [0.15, 0.2) is 11.6 Å². The first-order valence-electron chi connectivity index (χ1n) is 10.3. The monoisotopic (exact) mass is 499 g/mol. The lowest BCUT2D eigenvalue weighted by molar-refractivity contribution is -0.140. The predicted octanol–water partition coefficient (Wildman–Crippen LogP) is 3.70. The van der Waals surface area contributed by atoms with Crippen LogP contribution in [0.1, 0.15) is 27.8 Å². The van der Waals surface area contributed by atoms with Gasteiger partial charge in [-0.15, -0.1) is 10.2 Å². The Hall–Kier alpha value is -3.68. The van der Waals surface area contributed by atoms with Gasteiger partial charge in [-0.1, -0.05) is 6.07 Å². The van der Waals surface area contributed by atoms with Crippen LogP contribution in [0.5, 0.6) is 5.75 Å². The second kappa shape index (κ2) is 8.52. The highest BCUT2D eigenvalue weighted by atomic mass is 19.4. The highest BCUT2D eigenvalue weighted by molar-refractivity contribution is 5.95. The molecule has 0 spiro atoms. The van der Waals surface area contributed by atoms with Gasteiger partial charge in [-0.2, -0.15) is 22.0 Å². The summed E-state index contributed by atoms with van der Waals surface area (Å²) in [5.41, 5.74) is -2.07. The molecule has 5 rings (SSSR count). The summed E-state index contributed by atoms with van der Waals surface area (Å²) in [5.74, 6) is -2.28. The average Bonchev–Trinajstić information content (AvgIpc) is 3.21. The van der Waals surface area contributed by atoms with E-state index in [9.17, 15) is 31.1 Å². The van der Waals surface area contributed by atoms with E-state index in [1.165, 1.54) is 23.2 Å². The number of halogens is 6. The van der Waals surface area contributed by atoms with Gasteiger partial charge in [-0.05, 0) is 18.2 Å². The molecule has 1 fully saturated rings. The first kappa shape index (κ1) is 23.1. The number of nitrogens with zero attached hydrogens (tertiary/aromatic N) is 5. The molecule has 35 heavy (non-hydrogen) atoms. The van der Waals surface area contributed by atoms with Crippen LogP contribution in [0, 0.1) is 5.82 Å². The molecule has 14 heteroatoms. The second-order valence-corrected chi connectivity index (χ2v) is 7.83. The van der Waals surface area contributed by atoms with Crippen LogP contribution in [0.3, 0.4) is 0 Å². The minimum atomic E-state index is -4.97. The Morgan fingerprint density at radius 3 is 2.71 bits per heavy atom. The summed E-state index contributed by atoms with van der Waals surface area (Å²) in [6.07, 6.45) is -3.71. The number of hydrogen-bond donors (Lipinski definition) is 0. The van der Waals surface area contributed by atoms with Crippen molar-refractivity contribution in [2.75, 3.05) is 13.2 Å². The smallest absolute Gasteiger partial charge is 0.419 e. The molecule has 4 heterocycles. The molecule has 1 saturated heterocycles. The van der Waals surface area contributed by atoms with Gasteiger partial charge in [0.2, 0.25) is 0 Å². The number of hydrogen-bond acceptors (Lipinski definition) is 6. The van der Waals surface area contributed by atoms with E-state index in [4.69, 9.17) is 4.74 Å². The van der Waals surface area contributed by atoms with Gasteiger partial charge in [-0.3, -0.25) is 9.78 Å². The zero-order chi connectivity index (χ0) is 24.9. The van der Waals surface area contributed by atoms with Crippen molar-refractivity contribution in [1.29, 1.82) is 0 Å². The van der Waals surface area contributed by atoms with E-state index in [-0.39, 0.29) is 42.9 Å². The van der Waals surface area contributed by atoms with E-state index in [1.54, 1.807) is 4.57 Å². The number of benzene rings is 1. The molecule has 0 aliphatic carbocycles. The van der Waals surface area contributed by atoms with Crippen LogP contribution in [-0.2, 0) is 17.5 Å². The summed E-state index contributed by atoms with van der Waals surface area (Å²) in [6.45, 7) is -3.00. The first-order chi connectivity index (χ1) is 16.6. The van der Waals surface area contributed by atoms with E-state index >= 15 is 0 Å². The number of carbonyl (C=O) groups is 1. The minimum Gasteiger partial charge on any atom is -0.435 e. The third-order valence-corrected chi connectivity index (χ3v) is 5.74. The van der Waals surface area contributed by atoms with E-state index in [2.05, 4.69) is 19.9 Å². The third kappa shape index (κ3) is 4.07. The molecular formula is C21H15F6N5O3. The largest absolute Gasteiger partial charge is 0.435 e. The van der Waals surface area contributed by atoms with Crippen molar-refractivity contribution < 1.29 is 40.6 Å². The highest BCUT2D eigenvalue weighted by Gasteiger charge is 2.45. The number of rotatable bonds is 4. The normalized spacial score (nSPS) is 19.6. The molecule has 1 aromatic carbocycles. The summed E-state index contributed by atoms with van der Waals surface area (Å²) >= 11 is 0. The van der Waals surface area contributed by atoms with Crippen LogP contribution in [-0.4, -0.2) is 56.4 Å². The van der Waals surface area contributed by atoms with E-state index in [0.717, 1.165) is 12.1 Å². The van der Waals surface area contributed by atoms with E-state index in [0.29, 0.717) is 6.07 Å². The van der Waals surface area contributed by atoms with Crippen LogP contribution < -0.4 is 4.74 Å². The number of pyridine rings is 1. The molecule has 184 valence electrons. The van der Waals surface area contributed by atoms with Crippen molar-refractivity contribution in [2.45, 2.75) is 31.4 Å². The molecule has 2 aliphatic heterocycles.